The Balaban J connectivity index is 1.09. The minimum absolute atomic E-state index is 0.0154. The highest BCUT2D eigenvalue weighted by Crippen LogP contribution is 2.57. The summed E-state index contributed by atoms with van der Waals surface area (Å²) >= 11 is 8.60. The summed E-state index contributed by atoms with van der Waals surface area (Å²) in [4.78, 5) is 68.8. The molecule has 4 heterocycles. The van der Waals surface area contributed by atoms with Gasteiger partial charge in [0.2, 0.25) is 11.8 Å². The zero-order chi connectivity index (χ0) is 47.5. The maximum Gasteiger partial charge on any atom is 0.408 e. The number of anilines is 1. The molecule has 18 heteroatoms. The van der Waals surface area contributed by atoms with E-state index in [0.717, 1.165) is 19.4 Å². The van der Waals surface area contributed by atoms with Gasteiger partial charge in [0.1, 0.15) is 58.7 Å². The number of carboxylic acid groups (broad SMARTS) is 1. The maximum absolute atomic E-state index is 14.9. The van der Waals surface area contributed by atoms with Gasteiger partial charge in [-0.3, -0.25) is 14.5 Å². The third-order valence-corrected chi connectivity index (χ3v) is 15.2. The number of aromatic nitrogens is 2. The molecule has 2 aromatic heterocycles. The van der Waals surface area contributed by atoms with Crippen molar-refractivity contribution < 1.29 is 43.2 Å². The number of fused-ring (bicyclic) bond motifs is 2. The lowest BCUT2D eigenvalue weighted by molar-refractivity contribution is -0.146. The lowest BCUT2D eigenvalue weighted by Gasteiger charge is -2.41. The minimum atomic E-state index is -1.54. The Kier molecular flexibility index (Phi) is 13.3. The quantitative estimate of drug-likeness (QED) is 0.107. The molecule has 0 radical (unpaired) electrons. The molecule has 66 heavy (non-hydrogen) atoms. The van der Waals surface area contributed by atoms with E-state index in [-0.39, 0.29) is 42.1 Å². The smallest absolute Gasteiger partial charge is 0.408 e. The van der Waals surface area contributed by atoms with Crippen LogP contribution in [-0.2, 0) is 23.9 Å². The molecule has 8 rings (SSSR count). The number of halogens is 1. The summed E-state index contributed by atoms with van der Waals surface area (Å²) in [5.74, 6) is -0.237. The molecular formula is C48H64ClN7O9S. The molecule has 4 N–H and O–H groups in total. The number of benzene rings is 1. The first-order chi connectivity index (χ1) is 31.2. The average molecular weight is 951 g/mol. The summed E-state index contributed by atoms with van der Waals surface area (Å²) in [7, 11) is 0. The van der Waals surface area contributed by atoms with Gasteiger partial charge in [0.25, 0.3) is 0 Å². The van der Waals surface area contributed by atoms with E-state index in [4.69, 9.17) is 40.5 Å². The molecule has 5 fully saturated rings. The molecule has 1 unspecified atom stereocenters. The van der Waals surface area contributed by atoms with E-state index in [1.807, 2.05) is 46.1 Å². The monoisotopic (exact) mass is 949 g/mol. The highest BCUT2D eigenvalue weighted by molar-refractivity contribution is 7.14. The number of aliphatic carboxylic acids is 1. The SMILES string of the molecule is C=C[C@@H]1C[C@]1(NC(=O)[C@@H]1CC(Oc2cc(-c3csc(NC(C)C)n3)nc3c(Cl)c(OCCN4CCOCC4(C)C)ccc23)CN1C(=O)[C@@H](NC(=O)O[C@@H]1C[C@@H]2[C@H](C)[C@@H]2C1)C(C)(C)C)C(=O)O. The number of nitrogens with one attached hydrogen (secondary N) is 3. The number of ether oxygens (including phenoxy) is 4. The zero-order valence-electron chi connectivity index (χ0n) is 39.1. The van der Waals surface area contributed by atoms with Gasteiger partial charge in [0, 0.05) is 53.8 Å². The second-order valence-corrected chi connectivity index (χ2v) is 22.0. The van der Waals surface area contributed by atoms with Gasteiger partial charge in [-0.05, 0) is 82.3 Å². The lowest BCUT2D eigenvalue weighted by atomic mass is 9.85. The summed E-state index contributed by atoms with van der Waals surface area (Å²) in [5, 5.41) is 22.6. The van der Waals surface area contributed by atoms with Crippen molar-refractivity contribution in [3.05, 3.63) is 41.3 Å². The molecule has 2 saturated heterocycles. The van der Waals surface area contributed by atoms with E-state index in [1.165, 1.54) is 22.3 Å². The van der Waals surface area contributed by atoms with Gasteiger partial charge >= 0.3 is 12.1 Å². The Hall–Kier alpha value is -4.71. The van der Waals surface area contributed by atoms with Crippen LogP contribution in [0, 0.1) is 29.1 Å². The fraction of sp³-hybridized carbons (Fsp3) is 0.625. The average Bonchev–Trinajstić information content (AvgIpc) is 3.73. The van der Waals surface area contributed by atoms with Crippen LogP contribution in [-0.4, -0.2) is 130 Å². The van der Waals surface area contributed by atoms with Crippen molar-refractivity contribution in [1.29, 1.82) is 0 Å². The van der Waals surface area contributed by atoms with Crippen molar-refractivity contribution in [2.45, 2.75) is 122 Å². The van der Waals surface area contributed by atoms with Gasteiger partial charge in [-0.15, -0.1) is 17.9 Å². The molecule has 3 aromatic rings. The largest absolute Gasteiger partial charge is 0.491 e. The van der Waals surface area contributed by atoms with E-state index in [1.54, 1.807) is 12.1 Å². The van der Waals surface area contributed by atoms with Crippen LogP contribution in [0.15, 0.2) is 36.2 Å². The summed E-state index contributed by atoms with van der Waals surface area (Å²) < 4.78 is 24.7. The summed E-state index contributed by atoms with van der Waals surface area (Å²) in [6.07, 6.45) is 1.62. The fourth-order valence-corrected chi connectivity index (χ4v) is 11.1. The number of rotatable bonds is 16. The third kappa shape index (κ3) is 9.81. The number of thiazole rings is 1. The Morgan fingerprint density at radius 3 is 2.48 bits per heavy atom. The van der Waals surface area contributed by atoms with Gasteiger partial charge in [0.05, 0.1) is 31.0 Å². The Morgan fingerprint density at radius 2 is 1.83 bits per heavy atom. The summed E-state index contributed by atoms with van der Waals surface area (Å²) in [6.45, 7) is 22.9. The molecule has 0 bridgehead atoms. The number of likely N-dealkylation sites (tertiary alicyclic amines) is 1. The van der Waals surface area contributed by atoms with E-state index in [9.17, 15) is 24.3 Å². The first-order valence-corrected chi connectivity index (χ1v) is 24.4. The summed E-state index contributed by atoms with van der Waals surface area (Å²) in [6, 6.07) is 3.29. The predicted octanol–water partition coefficient (Wildman–Crippen LogP) is 7.00. The van der Waals surface area contributed by atoms with Crippen LogP contribution in [0.1, 0.15) is 81.1 Å². The second-order valence-electron chi connectivity index (χ2n) is 20.7. The minimum Gasteiger partial charge on any atom is -0.491 e. The molecular weight excluding hydrogens is 886 g/mol. The van der Waals surface area contributed by atoms with Crippen LogP contribution in [0.2, 0.25) is 5.02 Å². The number of carbonyl (C=O) groups excluding carboxylic acids is 3. The predicted molar refractivity (Wildman–Crippen MR) is 252 cm³/mol. The Bertz CT molecular complexity index is 2360. The molecule has 358 valence electrons. The van der Waals surface area contributed by atoms with Crippen LogP contribution in [0.25, 0.3) is 22.3 Å². The fourth-order valence-electron chi connectivity index (χ4n) is 10.0. The number of alkyl carbamates (subject to hydrolysis) is 1. The maximum atomic E-state index is 14.9. The molecule has 0 spiro atoms. The van der Waals surface area contributed by atoms with Crippen LogP contribution in [0.4, 0.5) is 9.93 Å². The topological polar surface area (TPSA) is 194 Å². The van der Waals surface area contributed by atoms with Crippen molar-refractivity contribution in [2.24, 2.45) is 29.1 Å². The number of pyridine rings is 1. The molecule has 9 atom stereocenters. The van der Waals surface area contributed by atoms with Crippen molar-refractivity contribution >= 4 is 62.8 Å². The number of nitrogens with zero attached hydrogens (tertiary/aromatic N) is 4. The second kappa shape index (κ2) is 18.4. The van der Waals surface area contributed by atoms with E-state index >= 15 is 0 Å². The third-order valence-electron chi connectivity index (χ3n) is 14.1. The van der Waals surface area contributed by atoms with Crippen molar-refractivity contribution in [3.63, 3.8) is 0 Å². The lowest BCUT2D eigenvalue weighted by Crippen LogP contribution is -2.59. The highest BCUT2D eigenvalue weighted by Gasteiger charge is 2.61. The van der Waals surface area contributed by atoms with Gasteiger partial charge in [-0.2, -0.15) is 0 Å². The number of carbonyl (C=O) groups is 4. The van der Waals surface area contributed by atoms with Gasteiger partial charge in [-0.1, -0.05) is 45.4 Å². The number of amides is 3. The molecule has 3 aliphatic carbocycles. The van der Waals surface area contributed by atoms with Crippen molar-refractivity contribution in [1.82, 2.24) is 30.4 Å². The first kappa shape index (κ1) is 47.8. The molecule has 2 aliphatic heterocycles. The molecule has 5 aliphatic rings. The molecule has 3 saturated carbocycles. The summed E-state index contributed by atoms with van der Waals surface area (Å²) in [5.41, 5.74) is -1.00. The van der Waals surface area contributed by atoms with Crippen LogP contribution in [0.3, 0.4) is 0 Å². The standard InChI is InChI=1S/C48H64ClN7O9S/c1-10-27-21-48(27,43(59)60)54-41(57)35-19-29(22-56(35)42(58)40(46(5,6)7)53-45(61)65-28-17-31-26(4)32(31)18-28)64-37-20-33(34-23-66-44(52-34)50-25(2)3)51-39-30(37)11-12-36(38(39)49)63-16-14-55-13-15-62-24-47(55,8)9/h10-12,20,23,25-29,31-32,35,40H,1,13-19,21-22,24H2,2-9H3,(H,50,52)(H,53,61)(H,54,57)(H,59,60)/t26-,27-,28+,29?,31+,32-,35+,40-,48-/m1/s1. The Labute approximate surface area is 395 Å². The van der Waals surface area contributed by atoms with E-state index < -0.39 is 58.9 Å². The van der Waals surface area contributed by atoms with E-state index in [0.29, 0.717) is 83.0 Å². The normalized spacial score (nSPS) is 28.3. The number of morpholine rings is 1. The van der Waals surface area contributed by atoms with Gasteiger partial charge in [0.15, 0.2) is 5.13 Å². The first-order valence-electron chi connectivity index (χ1n) is 23.1. The Morgan fingerprint density at radius 1 is 1.09 bits per heavy atom. The molecule has 3 amide bonds. The van der Waals surface area contributed by atoms with Gasteiger partial charge < -0.3 is 44.9 Å². The zero-order valence-corrected chi connectivity index (χ0v) is 40.7. The van der Waals surface area contributed by atoms with Crippen LogP contribution >= 0.6 is 22.9 Å². The molecule has 16 nitrogen and oxygen atoms in total. The number of carboxylic acids is 1. The number of hydrogen-bond acceptors (Lipinski definition) is 13. The van der Waals surface area contributed by atoms with Crippen molar-refractivity contribution in [2.75, 3.05) is 44.8 Å². The van der Waals surface area contributed by atoms with Gasteiger partial charge in [-0.25, -0.2) is 19.6 Å². The highest BCUT2D eigenvalue weighted by atomic mass is 35.5. The van der Waals surface area contributed by atoms with Crippen LogP contribution < -0.4 is 25.4 Å². The number of hydrogen-bond donors (Lipinski definition) is 4. The van der Waals surface area contributed by atoms with Crippen molar-refractivity contribution in [3.8, 4) is 22.9 Å². The molecule has 1 aromatic carbocycles. The van der Waals surface area contributed by atoms with E-state index in [2.05, 4.69) is 48.2 Å². The van der Waals surface area contributed by atoms with Crippen LogP contribution in [0.5, 0.6) is 11.5 Å².